The van der Waals surface area contributed by atoms with Gasteiger partial charge < -0.3 is 5.11 Å². The number of aryl methyl sites for hydroxylation is 2. The van der Waals surface area contributed by atoms with Crippen LogP contribution in [0.1, 0.15) is 54.4 Å². The highest BCUT2D eigenvalue weighted by atomic mass is 32.2. The summed E-state index contributed by atoms with van der Waals surface area (Å²) in [4.78, 5) is 25.1. The molecule has 0 aliphatic heterocycles. The standard InChI is InChI=1S/C19H24O5S/c1-6-14(20)18-15(21)8-13(9-16(18)22)17-10(2)7-11(3)19(12(17)4)25(5,23)24/h7,13,20H,6,8-9H2,1-5H3. The van der Waals surface area contributed by atoms with Crippen molar-refractivity contribution in [1.82, 2.24) is 0 Å². The van der Waals surface area contributed by atoms with Crippen molar-refractivity contribution in [1.29, 1.82) is 0 Å². The van der Waals surface area contributed by atoms with Crippen LogP contribution >= 0.6 is 0 Å². The minimum absolute atomic E-state index is 0.0931. The van der Waals surface area contributed by atoms with E-state index in [1.54, 1.807) is 26.8 Å². The third-order valence-corrected chi connectivity index (χ3v) is 6.15. The number of aliphatic hydroxyl groups is 1. The molecule has 0 amide bonds. The average molecular weight is 364 g/mol. The van der Waals surface area contributed by atoms with E-state index in [9.17, 15) is 23.1 Å². The van der Waals surface area contributed by atoms with Crippen LogP contribution in [0.5, 0.6) is 0 Å². The zero-order chi connectivity index (χ0) is 19.1. The SMILES string of the molecule is CCC(O)=C1C(=O)CC(c2c(C)cc(C)c(S(C)(=O)=O)c2C)CC1=O. The molecule has 136 valence electrons. The second kappa shape index (κ2) is 6.75. The first-order valence-electron chi connectivity index (χ1n) is 8.28. The first kappa shape index (κ1) is 19.4. The Hall–Kier alpha value is -1.95. The lowest BCUT2D eigenvalue weighted by Gasteiger charge is -2.27. The van der Waals surface area contributed by atoms with Gasteiger partial charge in [0.1, 0.15) is 5.76 Å². The minimum Gasteiger partial charge on any atom is -0.511 e. The van der Waals surface area contributed by atoms with Gasteiger partial charge in [-0.3, -0.25) is 9.59 Å². The predicted octanol–water partition coefficient (Wildman–Crippen LogP) is 3.25. The molecule has 0 atom stereocenters. The van der Waals surface area contributed by atoms with Gasteiger partial charge in [0.25, 0.3) is 0 Å². The van der Waals surface area contributed by atoms with E-state index < -0.39 is 9.84 Å². The molecule has 5 nitrogen and oxygen atoms in total. The van der Waals surface area contributed by atoms with Crippen molar-refractivity contribution in [2.45, 2.75) is 57.8 Å². The fourth-order valence-corrected chi connectivity index (χ4v) is 5.27. The maximum atomic E-state index is 12.4. The molecular weight excluding hydrogens is 340 g/mol. The summed E-state index contributed by atoms with van der Waals surface area (Å²) in [5, 5.41) is 9.84. The van der Waals surface area contributed by atoms with Gasteiger partial charge in [0.15, 0.2) is 21.4 Å². The van der Waals surface area contributed by atoms with Crippen molar-refractivity contribution in [3.05, 3.63) is 39.7 Å². The second-order valence-electron chi connectivity index (χ2n) is 6.78. The van der Waals surface area contributed by atoms with E-state index in [4.69, 9.17) is 0 Å². The fraction of sp³-hybridized carbons (Fsp3) is 0.474. The van der Waals surface area contributed by atoms with E-state index in [0.29, 0.717) is 11.1 Å². The molecule has 25 heavy (non-hydrogen) atoms. The highest BCUT2D eigenvalue weighted by Gasteiger charge is 2.35. The second-order valence-corrected chi connectivity index (χ2v) is 8.73. The Bertz CT molecular complexity index is 871. The van der Waals surface area contributed by atoms with Crippen LogP contribution in [0.3, 0.4) is 0 Å². The van der Waals surface area contributed by atoms with Crippen molar-refractivity contribution < 1.29 is 23.1 Å². The van der Waals surface area contributed by atoms with Gasteiger partial charge in [-0.25, -0.2) is 8.42 Å². The number of allylic oxidation sites excluding steroid dienone is 2. The molecule has 0 unspecified atom stereocenters. The van der Waals surface area contributed by atoms with Gasteiger partial charge in [-0.15, -0.1) is 0 Å². The van der Waals surface area contributed by atoms with Crippen molar-refractivity contribution in [2.24, 2.45) is 0 Å². The number of carbonyl (C=O) groups is 2. The van der Waals surface area contributed by atoms with E-state index in [1.807, 2.05) is 6.92 Å². The Labute approximate surface area is 148 Å². The van der Waals surface area contributed by atoms with Gasteiger partial charge >= 0.3 is 0 Å². The molecule has 0 spiro atoms. The number of sulfone groups is 1. The summed E-state index contributed by atoms with van der Waals surface area (Å²) in [7, 11) is -3.42. The van der Waals surface area contributed by atoms with Crippen molar-refractivity contribution in [3.63, 3.8) is 0 Å². The quantitative estimate of drug-likeness (QED) is 0.505. The lowest BCUT2D eigenvalue weighted by atomic mass is 9.76. The average Bonchev–Trinajstić information content (AvgIpc) is 2.43. The van der Waals surface area contributed by atoms with Crippen molar-refractivity contribution in [3.8, 4) is 0 Å². The normalized spacial score (nSPS) is 18.6. The molecule has 1 aromatic carbocycles. The molecule has 2 rings (SSSR count). The summed E-state index contributed by atoms with van der Waals surface area (Å²) < 4.78 is 24.3. The summed E-state index contributed by atoms with van der Waals surface area (Å²) in [6.07, 6.45) is 1.59. The molecule has 0 saturated heterocycles. The number of ketones is 2. The van der Waals surface area contributed by atoms with Crippen LogP contribution in [0.15, 0.2) is 22.3 Å². The Balaban J connectivity index is 2.59. The smallest absolute Gasteiger partial charge is 0.176 e. The van der Waals surface area contributed by atoms with Gasteiger partial charge in [-0.05, 0) is 48.9 Å². The lowest BCUT2D eigenvalue weighted by molar-refractivity contribution is -0.124. The van der Waals surface area contributed by atoms with Gasteiger partial charge in [0.05, 0.1) is 10.5 Å². The molecule has 0 radical (unpaired) electrons. The van der Waals surface area contributed by atoms with Crippen LogP contribution in [0.25, 0.3) is 0 Å². The number of Topliss-reactive ketones (excluding diaryl/α,β-unsaturated/α-hetero) is 2. The zero-order valence-electron chi connectivity index (χ0n) is 15.3. The molecule has 6 heteroatoms. The van der Waals surface area contributed by atoms with E-state index in [0.717, 1.165) is 11.1 Å². The van der Waals surface area contributed by atoms with Gasteiger partial charge in [-0.1, -0.05) is 13.0 Å². The molecule has 1 aliphatic carbocycles. The molecule has 1 aromatic rings. The Morgan fingerprint density at radius 3 is 2.08 bits per heavy atom. The maximum Gasteiger partial charge on any atom is 0.176 e. The third-order valence-electron chi connectivity index (χ3n) is 4.78. The van der Waals surface area contributed by atoms with E-state index >= 15 is 0 Å². The molecule has 1 saturated carbocycles. The number of hydrogen-bond donors (Lipinski definition) is 1. The first-order valence-corrected chi connectivity index (χ1v) is 10.2. The van der Waals surface area contributed by atoms with Crippen LogP contribution in [-0.4, -0.2) is 31.3 Å². The molecule has 0 heterocycles. The predicted molar refractivity (Wildman–Crippen MR) is 95.7 cm³/mol. The number of rotatable bonds is 3. The summed E-state index contributed by atoms with van der Waals surface area (Å²) in [6, 6.07) is 1.79. The van der Waals surface area contributed by atoms with Gasteiger partial charge in [-0.2, -0.15) is 0 Å². The summed E-state index contributed by atoms with van der Waals surface area (Å²) >= 11 is 0. The maximum absolute atomic E-state index is 12.4. The highest BCUT2D eigenvalue weighted by Crippen LogP contribution is 2.38. The lowest BCUT2D eigenvalue weighted by Crippen LogP contribution is -2.27. The first-order chi connectivity index (χ1) is 11.5. The number of hydrogen-bond acceptors (Lipinski definition) is 5. The van der Waals surface area contributed by atoms with Crippen molar-refractivity contribution in [2.75, 3.05) is 6.26 Å². The Morgan fingerprint density at radius 2 is 1.64 bits per heavy atom. The zero-order valence-corrected chi connectivity index (χ0v) is 16.1. The van der Waals surface area contributed by atoms with Crippen molar-refractivity contribution >= 4 is 21.4 Å². The van der Waals surface area contributed by atoms with Crippen LogP contribution in [0.4, 0.5) is 0 Å². The van der Waals surface area contributed by atoms with E-state index in [-0.39, 0.29) is 53.0 Å². The summed E-state index contributed by atoms with van der Waals surface area (Å²) in [5.74, 6) is -1.28. The molecule has 1 N–H and O–H groups in total. The Kier molecular flexibility index (Phi) is 5.23. The van der Waals surface area contributed by atoms with E-state index in [2.05, 4.69) is 0 Å². The largest absolute Gasteiger partial charge is 0.511 e. The van der Waals surface area contributed by atoms with Crippen LogP contribution < -0.4 is 0 Å². The summed E-state index contributed by atoms with van der Waals surface area (Å²) in [6.45, 7) is 7.03. The minimum atomic E-state index is -3.42. The van der Waals surface area contributed by atoms with E-state index in [1.165, 1.54) is 6.26 Å². The number of aliphatic hydroxyl groups excluding tert-OH is 1. The van der Waals surface area contributed by atoms with Crippen LogP contribution in [0, 0.1) is 20.8 Å². The molecule has 0 aromatic heterocycles. The highest BCUT2D eigenvalue weighted by molar-refractivity contribution is 7.90. The molecular formula is C19H24O5S. The van der Waals surface area contributed by atoms with Crippen LogP contribution in [-0.2, 0) is 19.4 Å². The fourth-order valence-electron chi connectivity index (χ4n) is 3.96. The molecule has 1 fully saturated rings. The topological polar surface area (TPSA) is 88.5 Å². The number of benzene rings is 1. The third kappa shape index (κ3) is 3.54. The summed E-state index contributed by atoms with van der Waals surface area (Å²) in [5.41, 5.74) is 2.81. The molecule has 0 bridgehead atoms. The van der Waals surface area contributed by atoms with Crippen LogP contribution in [0.2, 0.25) is 0 Å². The molecule has 1 aliphatic rings. The van der Waals surface area contributed by atoms with Gasteiger partial charge in [0.2, 0.25) is 0 Å². The van der Waals surface area contributed by atoms with Gasteiger partial charge in [0, 0.05) is 25.5 Å². The Morgan fingerprint density at radius 1 is 1.12 bits per heavy atom. The monoisotopic (exact) mass is 364 g/mol. The number of carbonyl (C=O) groups excluding carboxylic acids is 2.